The minimum Gasteiger partial charge on any atom is -0.333 e. The predicted octanol–water partition coefficient (Wildman–Crippen LogP) is 1.39. The molecule has 1 aliphatic rings. The van der Waals surface area contributed by atoms with Gasteiger partial charge in [-0.1, -0.05) is 24.3 Å². The van der Waals surface area contributed by atoms with Gasteiger partial charge in [0.25, 0.3) is 0 Å². The Morgan fingerprint density at radius 3 is 2.50 bits per heavy atom. The maximum absolute atomic E-state index is 11.1. The first kappa shape index (κ1) is 8.94. The van der Waals surface area contributed by atoms with Gasteiger partial charge in [0.1, 0.15) is 0 Å². The number of Topliss-reactive ketones (excluding diaryl/α,β-unsaturated/α-hetero) is 1. The van der Waals surface area contributed by atoms with Crippen LogP contribution >= 0.6 is 0 Å². The number of carbonyl (C=O) groups excluding carboxylic acids is 1. The van der Waals surface area contributed by atoms with E-state index in [-0.39, 0.29) is 0 Å². The lowest BCUT2D eigenvalue weighted by Gasteiger charge is -1.92. The van der Waals surface area contributed by atoms with E-state index in [1.54, 1.807) is 0 Å². The first-order valence-electron chi connectivity index (χ1n) is 4.07. The fourth-order valence-corrected chi connectivity index (χ4v) is 1.39. The van der Waals surface area contributed by atoms with Gasteiger partial charge in [-0.2, -0.15) is 0 Å². The van der Waals surface area contributed by atoms with Crippen molar-refractivity contribution in [2.24, 2.45) is 5.73 Å². The van der Waals surface area contributed by atoms with Gasteiger partial charge in [0, 0.05) is 12.0 Å². The first-order valence-corrected chi connectivity index (χ1v) is 4.07. The molecule has 0 heterocycles. The highest BCUT2D eigenvalue weighted by molar-refractivity contribution is 6.00. The molecule has 2 nitrogen and oxygen atoms in total. The quantitative estimate of drug-likeness (QED) is 0.628. The zero-order chi connectivity index (χ0) is 8.97. The van der Waals surface area contributed by atoms with Crippen molar-refractivity contribution in [1.29, 1.82) is 0 Å². The van der Waals surface area contributed by atoms with Gasteiger partial charge in [-0.3, -0.25) is 4.79 Å². The van der Waals surface area contributed by atoms with Crippen LogP contribution < -0.4 is 5.73 Å². The Hall–Kier alpha value is -1.15. The van der Waals surface area contributed by atoms with Crippen LogP contribution in [0.3, 0.4) is 0 Å². The van der Waals surface area contributed by atoms with Crippen LogP contribution in [0.15, 0.2) is 24.3 Å². The Kier molecular flexibility index (Phi) is 3.00. The summed E-state index contributed by atoms with van der Waals surface area (Å²) in [7, 11) is 1.50. The van der Waals surface area contributed by atoms with Crippen LogP contribution in [-0.4, -0.2) is 12.8 Å². The molecule has 0 atom stereocenters. The summed E-state index contributed by atoms with van der Waals surface area (Å²) in [5, 5.41) is 0. The van der Waals surface area contributed by atoms with Gasteiger partial charge < -0.3 is 5.73 Å². The van der Waals surface area contributed by atoms with Crippen LogP contribution in [-0.2, 0) is 6.42 Å². The highest BCUT2D eigenvalue weighted by Crippen LogP contribution is 2.20. The fraction of sp³-hybridized carbons (Fsp3) is 0.300. The van der Waals surface area contributed by atoms with Crippen LogP contribution in [0.4, 0.5) is 0 Å². The minimum atomic E-state index is 0.301. The smallest absolute Gasteiger partial charge is 0.163 e. The lowest BCUT2D eigenvalue weighted by molar-refractivity contribution is 0.0994. The van der Waals surface area contributed by atoms with Crippen molar-refractivity contribution in [1.82, 2.24) is 0 Å². The SMILES string of the molecule is CN.O=C1CCc2ccccc21. The maximum atomic E-state index is 11.1. The summed E-state index contributed by atoms with van der Waals surface area (Å²) in [6, 6.07) is 7.84. The van der Waals surface area contributed by atoms with Gasteiger partial charge in [-0.15, -0.1) is 0 Å². The number of rotatable bonds is 0. The molecule has 0 radical (unpaired) electrons. The molecule has 64 valence electrons. The third-order valence-corrected chi connectivity index (χ3v) is 1.94. The van der Waals surface area contributed by atoms with Crippen molar-refractivity contribution in [2.75, 3.05) is 7.05 Å². The average Bonchev–Trinajstić information content (AvgIpc) is 2.53. The number of hydrogen-bond donors (Lipinski definition) is 1. The number of fused-ring (bicyclic) bond motifs is 1. The summed E-state index contributed by atoms with van der Waals surface area (Å²) >= 11 is 0. The van der Waals surface area contributed by atoms with Crippen molar-refractivity contribution in [2.45, 2.75) is 12.8 Å². The van der Waals surface area contributed by atoms with Crippen molar-refractivity contribution in [3.8, 4) is 0 Å². The second-order valence-electron chi connectivity index (χ2n) is 2.58. The molecule has 2 heteroatoms. The van der Waals surface area contributed by atoms with Crippen LogP contribution in [0.2, 0.25) is 0 Å². The molecule has 1 aromatic carbocycles. The van der Waals surface area contributed by atoms with Crippen molar-refractivity contribution < 1.29 is 4.79 Å². The number of hydrogen-bond acceptors (Lipinski definition) is 2. The molecular weight excluding hydrogens is 150 g/mol. The zero-order valence-corrected chi connectivity index (χ0v) is 7.21. The highest BCUT2D eigenvalue weighted by Gasteiger charge is 2.17. The average molecular weight is 163 g/mol. The molecule has 0 fully saturated rings. The summed E-state index contributed by atoms with van der Waals surface area (Å²) in [5.74, 6) is 0.301. The Morgan fingerprint density at radius 2 is 1.83 bits per heavy atom. The Bertz CT molecular complexity index is 281. The van der Waals surface area contributed by atoms with Crippen molar-refractivity contribution in [3.63, 3.8) is 0 Å². The number of carbonyl (C=O) groups is 1. The summed E-state index contributed by atoms with van der Waals surface area (Å²) < 4.78 is 0. The molecule has 0 aromatic heterocycles. The zero-order valence-electron chi connectivity index (χ0n) is 7.21. The van der Waals surface area contributed by atoms with E-state index in [0.717, 1.165) is 12.0 Å². The Balaban J connectivity index is 0.000000336. The molecule has 12 heavy (non-hydrogen) atoms. The molecule has 0 spiro atoms. The normalized spacial score (nSPS) is 13.3. The number of ketones is 1. The van der Waals surface area contributed by atoms with Gasteiger partial charge in [-0.25, -0.2) is 0 Å². The fourth-order valence-electron chi connectivity index (χ4n) is 1.39. The summed E-state index contributed by atoms with van der Waals surface area (Å²) in [5.41, 5.74) is 6.65. The van der Waals surface area contributed by atoms with Crippen LogP contribution in [0.25, 0.3) is 0 Å². The van der Waals surface area contributed by atoms with Gasteiger partial charge >= 0.3 is 0 Å². The molecule has 1 aliphatic carbocycles. The highest BCUT2D eigenvalue weighted by atomic mass is 16.1. The van der Waals surface area contributed by atoms with E-state index in [4.69, 9.17) is 0 Å². The molecule has 0 aliphatic heterocycles. The van der Waals surface area contributed by atoms with E-state index in [1.165, 1.54) is 12.6 Å². The third kappa shape index (κ3) is 1.53. The van der Waals surface area contributed by atoms with E-state index in [2.05, 4.69) is 5.73 Å². The van der Waals surface area contributed by atoms with E-state index in [1.807, 2.05) is 24.3 Å². The second-order valence-corrected chi connectivity index (χ2v) is 2.58. The van der Waals surface area contributed by atoms with E-state index < -0.39 is 0 Å². The molecule has 0 bridgehead atoms. The van der Waals surface area contributed by atoms with Crippen LogP contribution in [0.5, 0.6) is 0 Å². The van der Waals surface area contributed by atoms with Gasteiger partial charge in [-0.05, 0) is 19.0 Å². The summed E-state index contributed by atoms with van der Waals surface area (Å²) in [4.78, 5) is 11.1. The van der Waals surface area contributed by atoms with Crippen LogP contribution in [0, 0.1) is 0 Å². The predicted molar refractivity (Wildman–Crippen MR) is 49.2 cm³/mol. The lowest BCUT2D eigenvalue weighted by Crippen LogP contribution is -1.88. The molecule has 0 saturated heterocycles. The van der Waals surface area contributed by atoms with E-state index in [9.17, 15) is 4.79 Å². The van der Waals surface area contributed by atoms with Gasteiger partial charge in [0.15, 0.2) is 5.78 Å². The molecule has 0 amide bonds. The topological polar surface area (TPSA) is 43.1 Å². The molecular formula is C10H13NO. The minimum absolute atomic E-state index is 0.301. The van der Waals surface area contributed by atoms with Gasteiger partial charge in [0.05, 0.1) is 0 Å². The molecule has 0 saturated carbocycles. The maximum Gasteiger partial charge on any atom is 0.163 e. The largest absolute Gasteiger partial charge is 0.333 e. The second kappa shape index (κ2) is 4.02. The molecule has 1 aromatic rings. The molecule has 2 rings (SSSR count). The standard InChI is InChI=1S/C9H8O.CH5N/c10-9-6-5-7-3-1-2-4-8(7)9;1-2/h1-4H,5-6H2;2H2,1H3. The summed E-state index contributed by atoms with van der Waals surface area (Å²) in [6.07, 6.45) is 1.65. The Labute approximate surface area is 72.4 Å². The lowest BCUT2D eigenvalue weighted by atomic mass is 10.1. The summed E-state index contributed by atoms with van der Waals surface area (Å²) in [6.45, 7) is 0. The number of benzene rings is 1. The van der Waals surface area contributed by atoms with Crippen LogP contribution in [0.1, 0.15) is 22.3 Å². The number of aryl methyl sites for hydroxylation is 1. The van der Waals surface area contributed by atoms with Crippen molar-refractivity contribution in [3.05, 3.63) is 35.4 Å². The van der Waals surface area contributed by atoms with Gasteiger partial charge in [0.2, 0.25) is 0 Å². The first-order chi connectivity index (χ1) is 5.88. The van der Waals surface area contributed by atoms with E-state index in [0.29, 0.717) is 12.2 Å². The Morgan fingerprint density at radius 1 is 1.17 bits per heavy atom. The molecule has 0 unspecified atom stereocenters. The van der Waals surface area contributed by atoms with Crippen molar-refractivity contribution >= 4 is 5.78 Å². The molecule has 2 N–H and O–H groups in total. The van der Waals surface area contributed by atoms with E-state index >= 15 is 0 Å². The number of nitrogens with two attached hydrogens (primary N) is 1. The third-order valence-electron chi connectivity index (χ3n) is 1.94. The monoisotopic (exact) mass is 163 g/mol.